The maximum Gasteiger partial charge on any atom is 0.258 e. The fraction of sp³-hybridized carbons (Fsp3) is 0.435. The number of carbonyl (C=O) groups excluding carboxylic acids is 1. The Kier molecular flexibility index (Phi) is 7.07. The molecule has 1 aliphatic carbocycles. The second kappa shape index (κ2) is 9.97. The highest BCUT2D eigenvalue weighted by Gasteiger charge is 2.28. The zero-order chi connectivity index (χ0) is 22.6. The predicted molar refractivity (Wildman–Crippen MR) is 121 cm³/mol. The zero-order valence-corrected chi connectivity index (χ0v) is 18.7. The lowest BCUT2D eigenvalue weighted by atomic mass is 9.95. The minimum atomic E-state index is -3.83. The van der Waals surface area contributed by atoms with E-state index in [4.69, 9.17) is 4.74 Å². The quantitative estimate of drug-likeness (QED) is 0.683. The Bertz CT molecular complexity index is 1050. The van der Waals surface area contributed by atoms with E-state index in [1.807, 2.05) is 12.1 Å². The summed E-state index contributed by atoms with van der Waals surface area (Å²) in [6.07, 6.45) is 6.06. The van der Waals surface area contributed by atoms with Crippen molar-refractivity contribution in [3.63, 3.8) is 0 Å². The van der Waals surface area contributed by atoms with Gasteiger partial charge >= 0.3 is 0 Å². The number of amides is 1. The van der Waals surface area contributed by atoms with Crippen molar-refractivity contribution in [3.05, 3.63) is 53.8 Å². The van der Waals surface area contributed by atoms with Gasteiger partial charge in [-0.15, -0.1) is 0 Å². The van der Waals surface area contributed by atoms with E-state index < -0.39 is 21.7 Å². The Morgan fingerprint density at radius 3 is 2.31 bits per heavy atom. The minimum absolute atomic E-state index is 0.113. The van der Waals surface area contributed by atoms with Gasteiger partial charge in [-0.25, -0.2) is 12.8 Å². The third-order valence-corrected chi connectivity index (χ3v) is 7.80. The molecule has 2 aromatic carbocycles. The van der Waals surface area contributed by atoms with Crippen molar-refractivity contribution >= 4 is 27.3 Å². The molecule has 9 heteroatoms. The summed E-state index contributed by atoms with van der Waals surface area (Å²) in [5.74, 6) is -1.48. The summed E-state index contributed by atoms with van der Waals surface area (Å²) in [5.41, 5.74) is 1.16. The number of hydrogen-bond acceptors (Lipinski definition) is 5. The topological polar surface area (TPSA) is 87.7 Å². The second-order valence-corrected chi connectivity index (χ2v) is 10.1. The van der Waals surface area contributed by atoms with Crippen LogP contribution in [0.2, 0.25) is 0 Å². The molecule has 1 amide bonds. The van der Waals surface area contributed by atoms with Gasteiger partial charge in [-0.05, 0) is 55.3 Å². The molecular weight excluding hydrogens is 433 g/mol. The summed E-state index contributed by atoms with van der Waals surface area (Å²) in [4.78, 5) is 12.6. The third-order valence-electron chi connectivity index (χ3n) is 5.91. The Morgan fingerprint density at radius 1 is 0.969 bits per heavy atom. The number of morpholine rings is 1. The molecule has 0 unspecified atom stereocenters. The molecule has 0 bridgehead atoms. The number of nitrogens with one attached hydrogen (secondary N) is 2. The van der Waals surface area contributed by atoms with E-state index in [0.29, 0.717) is 24.9 Å². The van der Waals surface area contributed by atoms with Crippen LogP contribution in [0.15, 0.2) is 47.4 Å². The molecule has 0 spiro atoms. The van der Waals surface area contributed by atoms with Crippen LogP contribution in [0.1, 0.15) is 42.5 Å². The lowest BCUT2D eigenvalue weighted by Crippen LogP contribution is -2.40. The van der Waals surface area contributed by atoms with Gasteiger partial charge in [0.05, 0.1) is 23.7 Å². The summed E-state index contributed by atoms with van der Waals surface area (Å²) in [6, 6.07) is 11.0. The summed E-state index contributed by atoms with van der Waals surface area (Å²) >= 11 is 0. The molecule has 0 atom stereocenters. The van der Waals surface area contributed by atoms with Crippen LogP contribution in [0.3, 0.4) is 0 Å². The summed E-state index contributed by atoms with van der Waals surface area (Å²) < 4.78 is 46.5. The van der Waals surface area contributed by atoms with Crippen molar-refractivity contribution in [2.45, 2.75) is 43.0 Å². The number of sulfonamides is 1. The van der Waals surface area contributed by atoms with Crippen molar-refractivity contribution in [1.29, 1.82) is 0 Å². The van der Waals surface area contributed by atoms with Crippen LogP contribution in [-0.4, -0.2) is 51.0 Å². The largest absolute Gasteiger partial charge is 0.382 e. The van der Waals surface area contributed by atoms with Gasteiger partial charge in [0.2, 0.25) is 10.0 Å². The van der Waals surface area contributed by atoms with Gasteiger partial charge in [0, 0.05) is 30.5 Å². The molecule has 1 aliphatic heterocycles. The number of carbonyl (C=O) groups is 1. The molecule has 0 radical (unpaired) electrons. The van der Waals surface area contributed by atoms with Gasteiger partial charge in [-0.2, -0.15) is 4.31 Å². The van der Waals surface area contributed by atoms with E-state index in [1.165, 1.54) is 29.6 Å². The van der Waals surface area contributed by atoms with E-state index in [1.54, 1.807) is 12.1 Å². The molecule has 2 fully saturated rings. The minimum Gasteiger partial charge on any atom is -0.382 e. The Morgan fingerprint density at radius 2 is 1.62 bits per heavy atom. The molecule has 7 nitrogen and oxygen atoms in total. The van der Waals surface area contributed by atoms with Crippen LogP contribution in [0, 0.1) is 5.82 Å². The van der Waals surface area contributed by atoms with Gasteiger partial charge in [-0.1, -0.05) is 19.3 Å². The number of halogens is 1. The molecule has 2 aliphatic rings. The van der Waals surface area contributed by atoms with E-state index >= 15 is 0 Å². The molecule has 4 rings (SSSR count). The fourth-order valence-corrected chi connectivity index (χ4v) is 5.54. The third kappa shape index (κ3) is 5.28. The average molecular weight is 462 g/mol. The maximum absolute atomic E-state index is 14.4. The summed E-state index contributed by atoms with van der Waals surface area (Å²) in [5, 5.41) is 6.16. The van der Waals surface area contributed by atoms with Gasteiger partial charge in [0.15, 0.2) is 0 Å². The monoisotopic (exact) mass is 461 g/mol. The molecule has 32 heavy (non-hydrogen) atoms. The number of anilines is 2. The normalized spacial score (nSPS) is 18.3. The van der Waals surface area contributed by atoms with Crippen LogP contribution in [0.25, 0.3) is 0 Å². The molecule has 2 N–H and O–H groups in total. The number of hydrogen-bond donors (Lipinski definition) is 2. The van der Waals surface area contributed by atoms with Crippen molar-refractivity contribution in [2.75, 3.05) is 36.9 Å². The fourth-order valence-electron chi connectivity index (χ4n) is 4.11. The van der Waals surface area contributed by atoms with Crippen molar-refractivity contribution in [1.82, 2.24) is 4.31 Å². The van der Waals surface area contributed by atoms with Crippen LogP contribution in [-0.2, 0) is 14.8 Å². The molecular formula is C23H28FN3O4S. The van der Waals surface area contributed by atoms with Crippen LogP contribution in [0.5, 0.6) is 0 Å². The first kappa shape index (κ1) is 22.7. The van der Waals surface area contributed by atoms with Crippen LogP contribution in [0.4, 0.5) is 15.8 Å². The first-order valence-electron chi connectivity index (χ1n) is 11.0. The van der Waals surface area contributed by atoms with Gasteiger partial charge in [0.25, 0.3) is 5.91 Å². The van der Waals surface area contributed by atoms with Crippen LogP contribution < -0.4 is 10.6 Å². The number of rotatable bonds is 6. The summed E-state index contributed by atoms with van der Waals surface area (Å²) in [6.45, 7) is 1.06. The van der Waals surface area contributed by atoms with Crippen molar-refractivity contribution in [2.24, 2.45) is 0 Å². The predicted octanol–water partition coefficient (Wildman–Crippen LogP) is 3.84. The van der Waals surface area contributed by atoms with E-state index in [-0.39, 0.29) is 23.5 Å². The Labute approximate surface area is 188 Å². The first-order valence-corrected chi connectivity index (χ1v) is 12.4. The van der Waals surface area contributed by atoms with Crippen molar-refractivity contribution < 1.29 is 22.3 Å². The molecule has 1 heterocycles. The molecule has 1 saturated heterocycles. The molecule has 0 aromatic heterocycles. The maximum atomic E-state index is 14.4. The lowest BCUT2D eigenvalue weighted by Gasteiger charge is -2.26. The van der Waals surface area contributed by atoms with Crippen LogP contribution >= 0.6 is 0 Å². The van der Waals surface area contributed by atoms with Crippen molar-refractivity contribution in [3.8, 4) is 0 Å². The SMILES string of the molecule is O=C(Nc1ccc(NC2CCCCC2)cc1)c1cc(S(=O)(=O)N2CCOCC2)ccc1F. The highest BCUT2D eigenvalue weighted by Crippen LogP contribution is 2.24. The highest BCUT2D eigenvalue weighted by atomic mass is 32.2. The summed E-state index contributed by atoms with van der Waals surface area (Å²) in [7, 11) is -3.83. The van der Waals surface area contributed by atoms with E-state index in [0.717, 1.165) is 30.7 Å². The Balaban J connectivity index is 1.45. The van der Waals surface area contributed by atoms with E-state index in [9.17, 15) is 17.6 Å². The Hall–Kier alpha value is -2.49. The number of benzene rings is 2. The second-order valence-electron chi connectivity index (χ2n) is 8.17. The molecule has 1 saturated carbocycles. The van der Waals surface area contributed by atoms with E-state index in [2.05, 4.69) is 10.6 Å². The van der Waals surface area contributed by atoms with Gasteiger partial charge < -0.3 is 15.4 Å². The average Bonchev–Trinajstić information content (AvgIpc) is 2.82. The zero-order valence-electron chi connectivity index (χ0n) is 17.8. The standard InChI is InChI=1S/C23H28FN3O4S/c24-22-11-10-20(32(29,30)27-12-14-31-15-13-27)16-21(22)23(28)26-19-8-6-18(7-9-19)25-17-4-2-1-3-5-17/h6-11,16-17,25H,1-5,12-15H2,(H,26,28). The van der Waals surface area contributed by atoms with Gasteiger partial charge in [-0.3, -0.25) is 4.79 Å². The van der Waals surface area contributed by atoms with Gasteiger partial charge in [0.1, 0.15) is 5.82 Å². The highest BCUT2D eigenvalue weighted by molar-refractivity contribution is 7.89. The molecule has 2 aromatic rings. The lowest BCUT2D eigenvalue weighted by molar-refractivity contribution is 0.0730. The number of nitrogens with zero attached hydrogens (tertiary/aromatic N) is 1. The first-order chi connectivity index (χ1) is 15.4. The molecule has 172 valence electrons. The smallest absolute Gasteiger partial charge is 0.258 e. The number of ether oxygens (including phenoxy) is 1.